The van der Waals surface area contributed by atoms with Crippen LogP contribution in [0, 0.1) is 58.2 Å². The van der Waals surface area contributed by atoms with Crippen LogP contribution in [-0.2, 0) is 24.1 Å². The van der Waals surface area contributed by atoms with E-state index in [1.165, 1.54) is 60.8 Å². The van der Waals surface area contributed by atoms with E-state index in [1.807, 2.05) is 0 Å². The third-order valence-electron chi connectivity index (χ3n) is 9.62. The number of rotatable bonds is 11. The van der Waals surface area contributed by atoms with Crippen molar-refractivity contribution in [3.63, 3.8) is 0 Å². The fourth-order valence-electron chi connectivity index (χ4n) is 9.11. The van der Waals surface area contributed by atoms with Gasteiger partial charge in [0.2, 0.25) is 0 Å². The van der Waals surface area contributed by atoms with Crippen molar-refractivity contribution in [2.45, 2.75) is 155 Å². The van der Waals surface area contributed by atoms with E-state index in [9.17, 15) is 4.79 Å². The molecule has 0 saturated heterocycles. The summed E-state index contributed by atoms with van der Waals surface area (Å²) in [5.41, 5.74) is 7.80. The largest absolute Gasteiger partial charge is 0.295 e. The van der Waals surface area contributed by atoms with Crippen molar-refractivity contribution < 1.29 is 4.79 Å². The Bertz CT molecular complexity index is 993. The molecular formula is C42H72O. The first-order valence-corrected chi connectivity index (χ1v) is 18.1. The Kier molecular flexibility index (Phi) is 13.9. The van der Waals surface area contributed by atoms with Crippen LogP contribution >= 0.6 is 0 Å². The highest BCUT2D eigenvalue weighted by Crippen LogP contribution is 2.59. The van der Waals surface area contributed by atoms with Crippen LogP contribution in [0.4, 0.5) is 0 Å². The molecule has 2 aliphatic carbocycles. The number of ketones is 1. The molecule has 3 atom stereocenters. The summed E-state index contributed by atoms with van der Waals surface area (Å²) < 4.78 is 0. The van der Waals surface area contributed by atoms with Gasteiger partial charge in [-0.25, -0.2) is 0 Å². The average molecular weight is 593 g/mol. The van der Waals surface area contributed by atoms with Crippen LogP contribution in [0.3, 0.4) is 0 Å². The zero-order valence-electron chi connectivity index (χ0n) is 31.4. The number of Topliss-reactive ketones (excluding diaryl/α,β-unsaturated/α-hetero) is 1. The molecule has 0 N–H and O–H groups in total. The van der Waals surface area contributed by atoms with Crippen LogP contribution < -0.4 is 0 Å². The summed E-state index contributed by atoms with van der Waals surface area (Å²) in [5, 5.41) is 0. The van der Waals surface area contributed by atoms with E-state index in [-0.39, 0.29) is 5.41 Å². The third kappa shape index (κ3) is 11.5. The first kappa shape index (κ1) is 37.8. The minimum absolute atomic E-state index is 0.115. The van der Waals surface area contributed by atoms with Crippen LogP contribution in [0.5, 0.6) is 0 Å². The van der Waals surface area contributed by atoms with Gasteiger partial charge in [-0.15, -0.1) is 0 Å². The molecule has 1 aromatic carbocycles. The molecule has 2 aliphatic rings. The highest BCUT2D eigenvalue weighted by atomic mass is 16.1. The lowest BCUT2D eigenvalue weighted by atomic mass is 9.50. The zero-order valence-corrected chi connectivity index (χ0v) is 31.4. The van der Waals surface area contributed by atoms with Gasteiger partial charge in [0.1, 0.15) is 0 Å². The van der Waals surface area contributed by atoms with Gasteiger partial charge in [0.25, 0.3) is 0 Å². The fraction of sp³-hybridized carbons (Fsp3) is 0.786. The number of allylic oxidation sites excluding steroid dienone is 2. The number of hydrogen-bond donors (Lipinski definition) is 0. The summed E-state index contributed by atoms with van der Waals surface area (Å²) in [5.74, 6) is 5.80. The summed E-state index contributed by atoms with van der Waals surface area (Å²) in [6.45, 7) is 34.9. The maximum atomic E-state index is 13.0. The van der Waals surface area contributed by atoms with E-state index in [4.69, 9.17) is 0 Å². The molecule has 0 bridgehead atoms. The second-order valence-electron chi connectivity index (χ2n) is 18.3. The molecule has 43 heavy (non-hydrogen) atoms. The van der Waals surface area contributed by atoms with Crippen molar-refractivity contribution in [3.8, 4) is 0 Å². The summed E-state index contributed by atoms with van der Waals surface area (Å²) in [4.78, 5) is 13.0. The molecule has 1 heteroatoms. The lowest BCUT2D eigenvalue weighted by molar-refractivity contribution is -0.120. The lowest BCUT2D eigenvalue weighted by Gasteiger charge is -2.54. The van der Waals surface area contributed by atoms with E-state index in [0.717, 1.165) is 48.3 Å². The van der Waals surface area contributed by atoms with Gasteiger partial charge in [-0.05, 0) is 125 Å². The van der Waals surface area contributed by atoms with Crippen LogP contribution in [0.25, 0.3) is 0 Å². The molecule has 0 radical (unpaired) electrons. The van der Waals surface area contributed by atoms with Crippen LogP contribution in [0.2, 0.25) is 0 Å². The fourth-order valence-corrected chi connectivity index (χ4v) is 9.11. The van der Waals surface area contributed by atoms with Crippen LogP contribution in [0.15, 0.2) is 29.3 Å². The van der Waals surface area contributed by atoms with E-state index in [2.05, 4.69) is 122 Å². The van der Waals surface area contributed by atoms with Crippen molar-refractivity contribution in [1.29, 1.82) is 0 Å². The average Bonchev–Trinajstić information content (AvgIpc) is 2.74. The first-order valence-electron chi connectivity index (χ1n) is 18.1. The first-order chi connectivity index (χ1) is 19.7. The molecule has 0 aromatic heterocycles. The normalized spacial score (nSPS) is 24.0. The lowest BCUT2D eigenvalue weighted by Crippen LogP contribution is -2.46. The molecule has 3 unspecified atom stereocenters. The SMILES string of the molecule is CC(C)CC1CC(C)(CC(C)C)CC2=C(C(C)C)C(=O)CC(C)(C)C21.CC(C)Cc1cc(CC(C)C)cc(CC(C)C)c1. The van der Waals surface area contributed by atoms with Gasteiger partial charge in [0, 0.05) is 6.42 Å². The van der Waals surface area contributed by atoms with Crippen molar-refractivity contribution >= 4 is 5.78 Å². The van der Waals surface area contributed by atoms with Gasteiger partial charge in [-0.2, -0.15) is 0 Å². The quantitative estimate of drug-likeness (QED) is 0.250. The van der Waals surface area contributed by atoms with Gasteiger partial charge in [0.15, 0.2) is 5.78 Å². The van der Waals surface area contributed by atoms with E-state index in [0.29, 0.717) is 23.0 Å². The van der Waals surface area contributed by atoms with E-state index < -0.39 is 0 Å². The number of carbonyl (C=O) groups is 1. The number of fused-ring (bicyclic) bond motifs is 1. The number of hydrogen-bond acceptors (Lipinski definition) is 1. The number of carbonyl (C=O) groups excluding carboxylic acids is 1. The van der Waals surface area contributed by atoms with Gasteiger partial charge >= 0.3 is 0 Å². The highest BCUT2D eigenvalue weighted by Gasteiger charge is 2.51. The number of benzene rings is 1. The van der Waals surface area contributed by atoms with Gasteiger partial charge in [-0.3, -0.25) is 4.79 Å². The Balaban J connectivity index is 0.000000317. The Hall–Kier alpha value is -1.37. The highest BCUT2D eigenvalue weighted by molar-refractivity contribution is 5.98. The topological polar surface area (TPSA) is 17.1 Å². The van der Waals surface area contributed by atoms with Crippen molar-refractivity contribution in [2.75, 3.05) is 0 Å². The van der Waals surface area contributed by atoms with Crippen LogP contribution in [0.1, 0.15) is 153 Å². The van der Waals surface area contributed by atoms with E-state index >= 15 is 0 Å². The Morgan fingerprint density at radius 3 is 1.44 bits per heavy atom. The third-order valence-corrected chi connectivity index (χ3v) is 9.62. The molecule has 1 fully saturated rings. The maximum Gasteiger partial charge on any atom is 0.159 e. The summed E-state index contributed by atoms with van der Waals surface area (Å²) >= 11 is 0. The smallest absolute Gasteiger partial charge is 0.159 e. The Labute approximate surface area is 269 Å². The van der Waals surface area contributed by atoms with E-state index in [1.54, 1.807) is 5.57 Å². The molecule has 1 nitrogen and oxygen atoms in total. The second kappa shape index (κ2) is 15.8. The maximum absolute atomic E-state index is 13.0. The predicted octanol–water partition coefficient (Wildman–Crippen LogP) is 12.3. The minimum Gasteiger partial charge on any atom is -0.295 e. The second-order valence-corrected chi connectivity index (χ2v) is 18.3. The predicted molar refractivity (Wildman–Crippen MR) is 191 cm³/mol. The Morgan fingerprint density at radius 1 is 0.651 bits per heavy atom. The Morgan fingerprint density at radius 2 is 1.09 bits per heavy atom. The molecule has 1 aromatic rings. The molecule has 0 aliphatic heterocycles. The summed E-state index contributed by atoms with van der Waals surface area (Å²) in [7, 11) is 0. The zero-order chi connectivity index (χ0) is 32.9. The standard InChI is InChI=1S/C24H42O.C18H30/c1-15(2)10-18-12-24(9,11-16(3)4)13-19-21(17(5)6)20(25)14-23(7,8)22(18)19;1-13(2)7-16-10-17(8-14(3)4)12-18(11-16)9-15(5)6/h15-18,22H,10-14H2,1-9H3;10-15H,7-9H2,1-6H3. The molecule has 0 heterocycles. The minimum atomic E-state index is 0.115. The summed E-state index contributed by atoms with van der Waals surface area (Å²) in [6.07, 6.45) is 9.41. The van der Waals surface area contributed by atoms with Gasteiger partial charge in [0.05, 0.1) is 0 Å². The molecule has 0 amide bonds. The molecule has 1 saturated carbocycles. The van der Waals surface area contributed by atoms with Crippen molar-refractivity contribution in [2.24, 2.45) is 58.2 Å². The molecule has 0 spiro atoms. The molecule has 3 rings (SSSR count). The summed E-state index contributed by atoms with van der Waals surface area (Å²) in [6, 6.07) is 7.26. The molecule has 246 valence electrons. The van der Waals surface area contributed by atoms with Gasteiger partial charge < -0.3 is 0 Å². The van der Waals surface area contributed by atoms with Crippen molar-refractivity contribution in [1.82, 2.24) is 0 Å². The monoisotopic (exact) mass is 593 g/mol. The van der Waals surface area contributed by atoms with Crippen LogP contribution in [-0.4, -0.2) is 5.78 Å². The van der Waals surface area contributed by atoms with Crippen molar-refractivity contribution in [3.05, 3.63) is 46.0 Å². The van der Waals surface area contributed by atoms with Gasteiger partial charge in [-0.1, -0.05) is 128 Å². The molecular weight excluding hydrogens is 520 g/mol.